The van der Waals surface area contributed by atoms with Gasteiger partial charge in [0.05, 0.1) is 6.04 Å². The first-order chi connectivity index (χ1) is 9.36. The fourth-order valence-electron chi connectivity index (χ4n) is 2.91. The zero-order chi connectivity index (χ0) is 13.1. The highest BCUT2D eigenvalue weighted by Crippen LogP contribution is 2.36. The largest absolute Gasteiger partial charge is 0.508 e. The molecule has 0 radical (unpaired) electrons. The van der Waals surface area contributed by atoms with Crippen LogP contribution in [0.5, 0.6) is 5.75 Å². The maximum atomic E-state index is 10.2. The van der Waals surface area contributed by atoms with E-state index < -0.39 is 0 Å². The first kappa shape index (κ1) is 12.7. The number of benzene rings is 1. The Bertz CT molecular complexity index is 517. The monoisotopic (exact) mass is 273 g/mol. The summed E-state index contributed by atoms with van der Waals surface area (Å²) in [6.07, 6.45) is 3.84. The molecule has 1 unspecified atom stereocenters. The number of nitrogens with zero attached hydrogens (tertiary/aromatic N) is 1. The van der Waals surface area contributed by atoms with E-state index in [4.69, 9.17) is 0 Å². The van der Waals surface area contributed by atoms with E-state index in [1.807, 2.05) is 18.2 Å². The molecule has 2 heterocycles. The molecule has 1 aromatic heterocycles. The zero-order valence-electron chi connectivity index (χ0n) is 11.0. The quantitative estimate of drug-likeness (QED) is 0.912. The van der Waals surface area contributed by atoms with Crippen LogP contribution in [0.4, 0.5) is 0 Å². The van der Waals surface area contributed by atoms with Gasteiger partial charge in [-0.3, -0.25) is 4.90 Å². The van der Waals surface area contributed by atoms with Gasteiger partial charge in [0.15, 0.2) is 0 Å². The SMILES string of the molecule is Oc1ccccc1C(c1ccsc1)N1CCCCC1. The van der Waals surface area contributed by atoms with E-state index in [0.717, 1.165) is 18.7 Å². The van der Waals surface area contributed by atoms with Gasteiger partial charge in [-0.2, -0.15) is 11.3 Å². The molecule has 100 valence electrons. The van der Waals surface area contributed by atoms with Crippen molar-refractivity contribution in [3.8, 4) is 5.75 Å². The molecule has 1 aliphatic heterocycles. The zero-order valence-corrected chi connectivity index (χ0v) is 11.8. The van der Waals surface area contributed by atoms with Gasteiger partial charge in [-0.25, -0.2) is 0 Å². The fourth-order valence-corrected chi connectivity index (χ4v) is 3.59. The number of para-hydroxylation sites is 1. The Balaban J connectivity index is 1.99. The van der Waals surface area contributed by atoms with Gasteiger partial charge in [0, 0.05) is 5.56 Å². The van der Waals surface area contributed by atoms with E-state index in [1.165, 1.54) is 24.8 Å². The molecular formula is C16H19NOS. The lowest BCUT2D eigenvalue weighted by Gasteiger charge is -2.35. The minimum absolute atomic E-state index is 0.202. The van der Waals surface area contributed by atoms with Gasteiger partial charge >= 0.3 is 0 Å². The minimum Gasteiger partial charge on any atom is -0.508 e. The van der Waals surface area contributed by atoms with Crippen LogP contribution < -0.4 is 0 Å². The van der Waals surface area contributed by atoms with Crippen molar-refractivity contribution in [1.29, 1.82) is 0 Å². The summed E-state index contributed by atoms with van der Waals surface area (Å²) in [6, 6.07) is 10.1. The number of likely N-dealkylation sites (tertiary alicyclic amines) is 1. The number of thiophene rings is 1. The van der Waals surface area contributed by atoms with E-state index in [0.29, 0.717) is 5.75 Å². The van der Waals surface area contributed by atoms with Gasteiger partial charge in [-0.05, 0) is 54.4 Å². The molecular weight excluding hydrogens is 254 g/mol. The number of phenolic OH excluding ortho intramolecular Hbond substituents is 1. The molecule has 1 atom stereocenters. The molecule has 1 aliphatic rings. The molecule has 0 amide bonds. The third-order valence-electron chi connectivity index (χ3n) is 3.85. The number of hydrogen-bond acceptors (Lipinski definition) is 3. The van der Waals surface area contributed by atoms with E-state index in [1.54, 1.807) is 17.4 Å². The molecule has 1 N–H and O–H groups in total. The highest BCUT2D eigenvalue weighted by atomic mass is 32.1. The molecule has 1 aromatic carbocycles. The standard InChI is InChI=1S/C16H19NOS/c18-15-7-3-2-6-14(15)16(13-8-11-19-12-13)17-9-4-1-5-10-17/h2-3,6-8,11-12,16,18H,1,4-5,9-10H2. The molecule has 0 bridgehead atoms. The second-order valence-corrected chi connectivity index (χ2v) is 5.89. The lowest BCUT2D eigenvalue weighted by Crippen LogP contribution is -2.34. The van der Waals surface area contributed by atoms with Crippen LogP contribution in [0, 0.1) is 0 Å². The molecule has 19 heavy (non-hydrogen) atoms. The van der Waals surface area contributed by atoms with Gasteiger partial charge in [0.2, 0.25) is 0 Å². The van der Waals surface area contributed by atoms with Crippen molar-refractivity contribution >= 4 is 11.3 Å². The molecule has 0 saturated carbocycles. The van der Waals surface area contributed by atoms with Crippen molar-refractivity contribution in [2.24, 2.45) is 0 Å². The molecule has 3 rings (SSSR count). The van der Waals surface area contributed by atoms with Crippen molar-refractivity contribution in [2.45, 2.75) is 25.3 Å². The molecule has 2 aromatic rings. The van der Waals surface area contributed by atoms with Gasteiger partial charge in [0.1, 0.15) is 5.75 Å². The second kappa shape index (κ2) is 5.76. The van der Waals surface area contributed by atoms with Crippen molar-refractivity contribution in [1.82, 2.24) is 4.90 Å². The number of hydrogen-bond donors (Lipinski definition) is 1. The Hall–Kier alpha value is -1.32. The summed E-state index contributed by atoms with van der Waals surface area (Å²) in [5.74, 6) is 0.407. The van der Waals surface area contributed by atoms with E-state index in [2.05, 4.69) is 21.7 Å². The summed E-state index contributed by atoms with van der Waals surface area (Å²) < 4.78 is 0. The van der Waals surface area contributed by atoms with Crippen molar-refractivity contribution in [3.05, 3.63) is 52.2 Å². The first-order valence-electron chi connectivity index (χ1n) is 6.90. The second-order valence-electron chi connectivity index (χ2n) is 5.11. The molecule has 1 saturated heterocycles. The molecule has 1 fully saturated rings. The number of rotatable bonds is 3. The summed E-state index contributed by atoms with van der Waals surface area (Å²) in [5, 5.41) is 14.5. The Morgan fingerprint density at radius 1 is 1.05 bits per heavy atom. The number of phenols is 1. The van der Waals surface area contributed by atoms with Crippen LogP contribution in [0.25, 0.3) is 0 Å². The van der Waals surface area contributed by atoms with Gasteiger partial charge < -0.3 is 5.11 Å². The fraction of sp³-hybridized carbons (Fsp3) is 0.375. The Kier molecular flexibility index (Phi) is 3.85. The van der Waals surface area contributed by atoms with E-state index >= 15 is 0 Å². The van der Waals surface area contributed by atoms with E-state index in [-0.39, 0.29) is 6.04 Å². The summed E-state index contributed by atoms with van der Waals surface area (Å²) in [7, 11) is 0. The molecule has 3 heteroatoms. The smallest absolute Gasteiger partial charge is 0.120 e. The van der Waals surface area contributed by atoms with Crippen LogP contribution in [0.15, 0.2) is 41.1 Å². The van der Waals surface area contributed by atoms with Crippen molar-refractivity contribution < 1.29 is 5.11 Å². The van der Waals surface area contributed by atoms with Gasteiger partial charge in [-0.15, -0.1) is 0 Å². The van der Waals surface area contributed by atoms with Crippen LogP contribution in [0.3, 0.4) is 0 Å². The normalized spacial score (nSPS) is 18.3. The summed E-state index contributed by atoms with van der Waals surface area (Å²) in [4.78, 5) is 2.50. The lowest BCUT2D eigenvalue weighted by atomic mass is 9.96. The first-order valence-corrected chi connectivity index (χ1v) is 7.84. The maximum absolute atomic E-state index is 10.2. The Morgan fingerprint density at radius 2 is 1.84 bits per heavy atom. The van der Waals surface area contributed by atoms with Gasteiger partial charge in [0.25, 0.3) is 0 Å². The Labute approximate surface area is 118 Å². The van der Waals surface area contributed by atoms with Crippen molar-refractivity contribution in [3.63, 3.8) is 0 Å². The molecule has 2 nitrogen and oxygen atoms in total. The Morgan fingerprint density at radius 3 is 2.53 bits per heavy atom. The lowest BCUT2D eigenvalue weighted by molar-refractivity contribution is 0.185. The van der Waals surface area contributed by atoms with Crippen LogP contribution >= 0.6 is 11.3 Å². The third-order valence-corrected chi connectivity index (χ3v) is 4.55. The van der Waals surface area contributed by atoms with Gasteiger partial charge in [-0.1, -0.05) is 24.6 Å². The minimum atomic E-state index is 0.202. The van der Waals surface area contributed by atoms with Crippen molar-refractivity contribution in [2.75, 3.05) is 13.1 Å². The molecule has 0 aliphatic carbocycles. The average Bonchev–Trinajstić information content (AvgIpc) is 2.96. The summed E-state index contributed by atoms with van der Waals surface area (Å²) >= 11 is 1.72. The summed E-state index contributed by atoms with van der Waals surface area (Å²) in [5.41, 5.74) is 2.33. The number of piperidine rings is 1. The maximum Gasteiger partial charge on any atom is 0.120 e. The number of aromatic hydroxyl groups is 1. The predicted octanol–water partition coefficient (Wildman–Crippen LogP) is 4.03. The third kappa shape index (κ3) is 2.67. The molecule has 0 spiro atoms. The van der Waals surface area contributed by atoms with Crippen LogP contribution in [-0.4, -0.2) is 23.1 Å². The van der Waals surface area contributed by atoms with Crippen LogP contribution in [0.1, 0.15) is 36.4 Å². The van der Waals surface area contributed by atoms with E-state index in [9.17, 15) is 5.11 Å². The predicted molar refractivity (Wildman–Crippen MR) is 79.7 cm³/mol. The highest BCUT2D eigenvalue weighted by Gasteiger charge is 2.26. The van der Waals surface area contributed by atoms with Crippen LogP contribution in [-0.2, 0) is 0 Å². The highest BCUT2D eigenvalue weighted by molar-refractivity contribution is 7.08. The summed E-state index contributed by atoms with van der Waals surface area (Å²) in [6.45, 7) is 2.24. The average molecular weight is 273 g/mol. The van der Waals surface area contributed by atoms with Crippen LogP contribution in [0.2, 0.25) is 0 Å². The topological polar surface area (TPSA) is 23.5 Å².